The van der Waals surface area contributed by atoms with Crippen LogP contribution in [0.2, 0.25) is 0 Å². The molecule has 0 aliphatic carbocycles. The summed E-state index contributed by atoms with van der Waals surface area (Å²) in [6.45, 7) is 3.76. The van der Waals surface area contributed by atoms with E-state index in [1.165, 1.54) is 11.3 Å². The van der Waals surface area contributed by atoms with Crippen LogP contribution in [0.1, 0.15) is 18.4 Å². The number of nitrogens with zero attached hydrogens (tertiary/aromatic N) is 4. The first kappa shape index (κ1) is 20.1. The maximum atomic E-state index is 13.3. The number of piperazine rings is 1. The van der Waals surface area contributed by atoms with Crippen LogP contribution in [0.5, 0.6) is 5.75 Å². The molecule has 3 atom stereocenters. The van der Waals surface area contributed by atoms with E-state index in [1.807, 2.05) is 6.07 Å². The highest BCUT2D eigenvalue weighted by Gasteiger charge is 2.42. The zero-order valence-corrected chi connectivity index (χ0v) is 17.9. The Bertz CT molecular complexity index is 919. The number of ether oxygens (including phenoxy) is 2. The van der Waals surface area contributed by atoms with Crippen molar-refractivity contribution in [3.05, 3.63) is 42.4 Å². The van der Waals surface area contributed by atoms with E-state index in [-0.39, 0.29) is 24.0 Å². The Hall–Kier alpha value is -2.87. The van der Waals surface area contributed by atoms with Crippen LogP contribution < -0.4 is 19.9 Å². The Balaban J connectivity index is 1.40. The predicted molar refractivity (Wildman–Crippen MR) is 118 cm³/mol. The second kappa shape index (κ2) is 8.70. The number of hydrogen-bond acceptors (Lipinski definition) is 7. The molecule has 8 heteroatoms. The lowest BCUT2D eigenvalue weighted by Crippen LogP contribution is -2.61. The fourth-order valence-corrected chi connectivity index (χ4v) is 5.02. The summed E-state index contributed by atoms with van der Waals surface area (Å²) in [5.41, 5.74) is 2.37. The number of anilines is 2. The van der Waals surface area contributed by atoms with Crippen molar-refractivity contribution in [2.45, 2.75) is 31.4 Å². The Labute approximate surface area is 182 Å². The van der Waals surface area contributed by atoms with Crippen LogP contribution in [0.25, 0.3) is 0 Å². The Kier molecular flexibility index (Phi) is 5.63. The third kappa shape index (κ3) is 4.04. The molecule has 8 nitrogen and oxygen atoms in total. The van der Waals surface area contributed by atoms with Gasteiger partial charge in [-0.15, -0.1) is 0 Å². The van der Waals surface area contributed by atoms with Gasteiger partial charge in [0, 0.05) is 56.9 Å². The van der Waals surface area contributed by atoms with E-state index in [9.17, 15) is 4.79 Å². The summed E-state index contributed by atoms with van der Waals surface area (Å²) in [5, 5.41) is 3.17. The lowest BCUT2D eigenvalue weighted by molar-refractivity contribution is -0.126. The molecule has 0 unspecified atom stereocenters. The van der Waals surface area contributed by atoms with Crippen LogP contribution in [0.15, 0.2) is 36.8 Å². The average Bonchev–Trinajstić information content (AvgIpc) is 3.35. The van der Waals surface area contributed by atoms with Gasteiger partial charge in [0.25, 0.3) is 0 Å². The fraction of sp³-hybridized carbons (Fsp3) is 0.522. The highest BCUT2D eigenvalue weighted by Crippen LogP contribution is 2.38. The fourth-order valence-electron chi connectivity index (χ4n) is 5.02. The van der Waals surface area contributed by atoms with Crippen molar-refractivity contribution in [2.75, 3.05) is 49.7 Å². The first-order valence-corrected chi connectivity index (χ1v) is 11.1. The minimum absolute atomic E-state index is 0.0554. The molecule has 1 N–H and O–H groups in total. The summed E-state index contributed by atoms with van der Waals surface area (Å²) in [6.07, 6.45) is 8.14. The maximum Gasteiger partial charge on any atom is 0.225 e. The average molecular weight is 424 g/mol. The number of methoxy groups -OCH3 is 1. The number of amides is 1. The topological polar surface area (TPSA) is 79.8 Å². The van der Waals surface area contributed by atoms with E-state index in [2.05, 4.69) is 37.2 Å². The Morgan fingerprint density at radius 2 is 2.26 bits per heavy atom. The van der Waals surface area contributed by atoms with Gasteiger partial charge in [0.15, 0.2) is 0 Å². The molecular formula is C23H29N5O3. The molecule has 0 radical (unpaired) electrons. The van der Waals surface area contributed by atoms with Crippen LogP contribution >= 0.6 is 0 Å². The van der Waals surface area contributed by atoms with Gasteiger partial charge in [-0.25, -0.2) is 4.98 Å². The third-order valence-electron chi connectivity index (χ3n) is 6.66. The second-order valence-corrected chi connectivity index (χ2v) is 8.46. The van der Waals surface area contributed by atoms with E-state index in [1.54, 1.807) is 25.7 Å². The number of rotatable bonds is 5. The number of hydrogen-bond donors (Lipinski definition) is 1. The first-order chi connectivity index (χ1) is 15.2. The van der Waals surface area contributed by atoms with Gasteiger partial charge in [0.05, 0.1) is 31.4 Å². The molecular weight excluding hydrogens is 394 g/mol. The van der Waals surface area contributed by atoms with Gasteiger partial charge < -0.3 is 24.6 Å². The van der Waals surface area contributed by atoms with Crippen molar-refractivity contribution in [1.82, 2.24) is 15.3 Å². The molecule has 0 bridgehead atoms. The van der Waals surface area contributed by atoms with Gasteiger partial charge in [-0.3, -0.25) is 9.78 Å². The van der Waals surface area contributed by atoms with Crippen LogP contribution in [0.3, 0.4) is 0 Å². The van der Waals surface area contributed by atoms with Crippen molar-refractivity contribution >= 4 is 17.4 Å². The monoisotopic (exact) mass is 423 g/mol. The van der Waals surface area contributed by atoms with Gasteiger partial charge >= 0.3 is 0 Å². The van der Waals surface area contributed by atoms with Crippen molar-refractivity contribution in [3.8, 4) is 5.75 Å². The van der Waals surface area contributed by atoms with E-state index in [0.717, 1.165) is 50.7 Å². The van der Waals surface area contributed by atoms with Gasteiger partial charge in [-0.1, -0.05) is 6.07 Å². The second-order valence-electron chi connectivity index (χ2n) is 8.46. The zero-order chi connectivity index (χ0) is 21.2. The van der Waals surface area contributed by atoms with Crippen LogP contribution in [-0.4, -0.2) is 67.9 Å². The van der Waals surface area contributed by atoms with Gasteiger partial charge in [0.2, 0.25) is 5.91 Å². The lowest BCUT2D eigenvalue weighted by Gasteiger charge is -2.49. The summed E-state index contributed by atoms with van der Waals surface area (Å²) in [6, 6.07) is 6.23. The van der Waals surface area contributed by atoms with E-state index < -0.39 is 0 Å². The largest absolute Gasteiger partial charge is 0.497 e. The first-order valence-electron chi connectivity index (χ1n) is 11.1. The maximum absolute atomic E-state index is 13.3. The number of carbonyl (C=O) groups is 1. The molecule has 1 amide bonds. The smallest absolute Gasteiger partial charge is 0.225 e. The Morgan fingerprint density at radius 1 is 1.32 bits per heavy atom. The molecule has 1 aromatic carbocycles. The summed E-state index contributed by atoms with van der Waals surface area (Å²) >= 11 is 0. The van der Waals surface area contributed by atoms with Crippen LogP contribution in [-0.2, 0) is 16.0 Å². The van der Waals surface area contributed by atoms with Crippen molar-refractivity contribution in [3.63, 3.8) is 0 Å². The summed E-state index contributed by atoms with van der Waals surface area (Å²) in [7, 11) is 1.69. The molecule has 3 aliphatic rings. The minimum atomic E-state index is -0.137. The van der Waals surface area contributed by atoms with Gasteiger partial charge in [0.1, 0.15) is 11.6 Å². The van der Waals surface area contributed by atoms with Crippen LogP contribution in [0, 0.1) is 5.92 Å². The summed E-state index contributed by atoms with van der Waals surface area (Å²) in [5.74, 6) is 1.67. The number of carbonyl (C=O) groups excluding carboxylic acids is 1. The molecule has 5 rings (SSSR count). The normalized spacial score (nSPS) is 25.0. The highest BCUT2D eigenvalue weighted by atomic mass is 16.5. The van der Waals surface area contributed by atoms with Crippen molar-refractivity contribution < 1.29 is 14.3 Å². The molecule has 164 valence electrons. The molecule has 31 heavy (non-hydrogen) atoms. The molecule has 0 spiro atoms. The summed E-state index contributed by atoms with van der Waals surface area (Å²) < 4.78 is 11.2. The number of benzene rings is 1. The van der Waals surface area contributed by atoms with E-state index >= 15 is 0 Å². The van der Waals surface area contributed by atoms with Crippen molar-refractivity contribution in [1.29, 1.82) is 0 Å². The number of aromatic nitrogens is 2. The van der Waals surface area contributed by atoms with Gasteiger partial charge in [-0.2, -0.15) is 0 Å². The molecule has 3 aliphatic heterocycles. The zero-order valence-electron chi connectivity index (χ0n) is 17.9. The molecule has 2 aromatic rings. The number of fused-ring (bicyclic) bond motifs is 3. The molecule has 0 saturated carbocycles. The SMILES string of the molecule is COc1ccc2c(c1)N1CCN(c3cnccn3)C[C@@H]1[C@H](C(=O)NC[C@H]1CCCO1)C2. The highest BCUT2D eigenvalue weighted by molar-refractivity contribution is 5.82. The molecule has 4 heterocycles. The predicted octanol–water partition coefficient (Wildman–Crippen LogP) is 1.65. The van der Waals surface area contributed by atoms with E-state index in [4.69, 9.17) is 9.47 Å². The van der Waals surface area contributed by atoms with Gasteiger partial charge in [-0.05, 0) is 30.9 Å². The minimum Gasteiger partial charge on any atom is -0.497 e. The molecule has 2 fully saturated rings. The van der Waals surface area contributed by atoms with E-state index in [0.29, 0.717) is 13.0 Å². The third-order valence-corrected chi connectivity index (χ3v) is 6.66. The van der Waals surface area contributed by atoms with Crippen molar-refractivity contribution in [2.24, 2.45) is 5.92 Å². The quantitative estimate of drug-likeness (QED) is 0.783. The Morgan fingerprint density at radius 3 is 3.03 bits per heavy atom. The molecule has 1 aromatic heterocycles. The summed E-state index contributed by atoms with van der Waals surface area (Å²) in [4.78, 5) is 26.6. The number of nitrogens with one attached hydrogen (secondary N) is 1. The standard InChI is InChI=1S/C23H29N5O3/c1-30-17-5-4-16-11-19(23(29)26-13-18-3-2-10-31-18)21-15-27(22-14-24-6-7-25-22)8-9-28(21)20(16)12-17/h4-7,12,14,18-19,21H,2-3,8-11,13,15H2,1H3,(H,26,29)/t18-,19-,21-/m1/s1. The lowest BCUT2D eigenvalue weighted by atomic mass is 9.83. The molecule has 2 saturated heterocycles. The van der Waals surface area contributed by atoms with Crippen LogP contribution in [0.4, 0.5) is 11.5 Å².